The maximum absolute atomic E-state index is 10.6. The topological polar surface area (TPSA) is 55.8 Å². The Kier molecular flexibility index (Phi) is 2.60. The minimum atomic E-state index is -3.76. The summed E-state index contributed by atoms with van der Waals surface area (Å²) in [5.41, 5.74) is 0. The van der Waals surface area contributed by atoms with Crippen LogP contribution in [-0.2, 0) is 13.6 Å². The van der Waals surface area contributed by atoms with Crippen LogP contribution < -0.4 is 0 Å². The van der Waals surface area contributed by atoms with Crippen molar-refractivity contribution in [3.8, 4) is 0 Å². The maximum atomic E-state index is 10.6. The van der Waals surface area contributed by atoms with Crippen molar-refractivity contribution in [1.29, 1.82) is 0 Å². The second-order valence-corrected chi connectivity index (χ2v) is 5.23. The van der Waals surface area contributed by atoms with Crippen LogP contribution in [0.25, 0.3) is 0 Å². The molecule has 1 aliphatic heterocycles. The lowest BCUT2D eigenvalue weighted by Crippen LogP contribution is -2.23. The molecular weight excluding hydrogens is 291 g/mol. The molecular formula is C3H5Br2O4P. The molecule has 0 aromatic carbocycles. The highest BCUT2D eigenvalue weighted by molar-refractivity contribution is 9.12. The lowest BCUT2D eigenvalue weighted by Gasteiger charge is -2.13. The summed E-state index contributed by atoms with van der Waals surface area (Å²) in [4.78, 5) is 8.72. The number of phosphoric acid groups is 1. The molecule has 1 fully saturated rings. The van der Waals surface area contributed by atoms with E-state index < -0.39 is 12.3 Å². The number of phosphoric ester groups is 1. The van der Waals surface area contributed by atoms with Gasteiger partial charge in [-0.2, -0.15) is 0 Å². The minimum Gasteiger partial charge on any atom is -0.302 e. The van der Waals surface area contributed by atoms with Gasteiger partial charge in [0, 0.05) is 5.33 Å². The van der Waals surface area contributed by atoms with Crippen LogP contribution in [0.2, 0.25) is 0 Å². The average molecular weight is 296 g/mol. The highest BCUT2D eigenvalue weighted by atomic mass is 79.9. The van der Waals surface area contributed by atoms with Crippen molar-refractivity contribution >= 4 is 39.7 Å². The van der Waals surface area contributed by atoms with Gasteiger partial charge in [-0.25, -0.2) is 4.57 Å². The fraction of sp³-hybridized carbons (Fsp3) is 1.00. The van der Waals surface area contributed by atoms with Gasteiger partial charge in [-0.3, -0.25) is 9.05 Å². The van der Waals surface area contributed by atoms with Crippen molar-refractivity contribution in [3.05, 3.63) is 0 Å². The Balaban J connectivity index is 2.66. The lowest BCUT2D eigenvalue weighted by atomic mass is 10.4. The second kappa shape index (κ2) is 2.84. The lowest BCUT2D eigenvalue weighted by molar-refractivity contribution is 0.213. The van der Waals surface area contributed by atoms with E-state index in [1.807, 2.05) is 0 Å². The normalized spacial score (nSPS) is 47.9. The first kappa shape index (κ1) is 9.16. The van der Waals surface area contributed by atoms with E-state index >= 15 is 0 Å². The molecule has 7 heteroatoms. The summed E-state index contributed by atoms with van der Waals surface area (Å²) >= 11 is 6.19. The molecule has 0 spiro atoms. The van der Waals surface area contributed by atoms with Gasteiger partial charge in [0.15, 0.2) is 4.51 Å². The largest absolute Gasteiger partial charge is 0.473 e. The number of hydrogen-bond donors (Lipinski definition) is 1. The Morgan fingerprint density at radius 1 is 1.80 bits per heavy atom. The predicted octanol–water partition coefficient (Wildman–Crippen LogP) is 1.62. The molecule has 2 unspecified atom stereocenters. The third-order valence-electron chi connectivity index (χ3n) is 0.922. The molecule has 4 nitrogen and oxygen atoms in total. The summed E-state index contributed by atoms with van der Waals surface area (Å²) in [6, 6.07) is 0. The molecule has 2 atom stereocenters. The smallest absolute Gasteiger partial charge is 0.302 e. The summed E-state index contributed by atoms with van der Waals surface area (Å²) in [5, 5.41) is 0.407. The van der Waals surface area contributed by atoms with Gasteiger partial charge in [0.05, 0.1) is 6.61 Å². The van der Waals surface area contributed by atoms with Crippen molar-refractivity contribution in [2.75, 3.05) is 11.9 Å². The molecule has 0 radical (unpaired) electrons. The summed E-state index contributed by atoms with van der Waals surface area (Å²) in [7, 11) is -3.76. The number of rotatable bonds is 1. The van der Waals surface area contributed by atoms with E-state index in [1.54, 1.807) is 0 Å². The molecule has 0 saturated carbocycles. The number of halogens is 2. The monoisotopic (exact) mass is 294 g/mol. The van der Waals surface area contributed by atoms with E-state index in [-0.39, 0.29) is 6.61 Å². The van der Waals surface area contributed by atoms with Gasteiger partial charge < -0.3 is 4.89 Å². The van der Waals surface area contributed by atoms with Gasteiger partial charge in [0.1, 0.15) is 0 Å². The summed E-state index contributed by atoms with van der Waals surface area (Å²) in [5.74, 6) is 0. The molecule has 60 valence electrons. The summed E-state index contributed by atoms with van der Waals surface area (Å²) in [6.07, 6.45) is 0. The van der Waals surface area contributed by atoms with Crippen molar-refractivity contribution < 1.29 is 18.5 Å². The quantitative estimate of drug-likeness (QED) is 0.590. The van der Waals surface area contributed by atoms with Crippen LogP contribution in [0.5, 0.6) is 0 Å². The first-order valence-corrected chi connectivity index (χ1v) is 5.81. The van der Waals surface area contributed by atoms with Crippen LogP contribution in [0.15, 0.2) is 0 Å². The Hall–Kier alpha value is 1.07. The fourth-order valence-electron chi connectivity index (χ4n) is 0.500. The molecule has 1 saturated heterocycles. The van der Waals surface area contributed by atoms with E-state index in [0.717, 1.165) is 0 Å². The minimum absolute atomic E-state index is 0.0754. The van der Waals surface area contributed by atoms with E-state index in [1.165, 1.54) is 0 Å². The second-order valence-electron chi connectivity index (χ2n) is 1.85. The van der Waals surface area contributed by atoms with Crippen molar-refractivity contribution in [2.24, 2.45) is 0 Å². The zero-order valence-corrected chi connectivity index (χ0v) is 8.86. The molecule has 1 aliphatic rings. The molecule has 1 N–H and O–H groups in total. The first-order valence-electron chi connectivity index (χ1n) is 2.40. The zero-order chi connectivity index (χ0) is 7.83. The first-order chi connectivity index (χ1) is 4.47. The maximum Gasteiger partial charge on any atom is 0.473 e. The third kappa shape index (κ3) is 2.03. The molecule has 0 aromatic rings. The van der Waals surface area contributed by atoms with E-state index in [9.17, 15) is 4.57 Å². The molecule has 0 amide bonds. The van der Waals surface area contributed by atoms with Crippen LogP contribution in [0.3, 0.4) is 0 Å². The molecule has 0 bridgehead atoms. The van der Waals surface area contributed by atoms with E-state index in [0.29, 0.717) is 5.33 Å². The number of hydrogen-bond acceptors (Lipinski definition) is 3. The average Bonchev–Trinajstić information content (AvgIpc) is 2.08. The van der Waals surface area contributed by atoms with Crippen LogP contribution in [0.4, 0.5) is 0 Å². The van der Waals surface area contributed by atoms with Gasteiger partial charge in [-0.05, 0) is 15.9 Å². The standard InChI is InChI=1S/C3H5Br2O4P/c4-1-3(5)2-8-10(6,7)9-3/h1-2H2,(H,6,7). The SMILES string of the molecule is O=P1(O)OCC(Br)(CBr)O1. The Morgan fingerprint density at radius 3 is 2.60 bits per heavy atom. The van der Waals surface area contributed by atoms with Crippen LogP contribution in [0.1, 0.15) is 0 Å². The van der Waals surface area contributed by atoms with Gasteiger partial charge in [0.25, 0.3) is 0 Å². The van der Waals surface area contributed by atoms with Gasteiger partial charge in [-0.1, -0.05) is 15.9 Å². The van der Waals surface area contributed by atoms with Crippen LogP contribution in [-0.4, -0.2) is 21.3 Å². The van der Waals surface area contributed by atoms with E-state index in [2.05, 4.69) is 40.9 Å². The fourth-order valence-corrected chi connectivity index (χ4v) is 2.75. The zero-order valence-electron chi connectivity index (χ0n) is 4.79. The molecule has 0 aliphatic carbocycles. The molecule has 1 heterocycles. The van der Waals surface area contributed by atoms with Crippen molar-refractivity contribution in [2.45, 2.75) is 4.51 Å². The summed E-state index contributed by atoms with van der Waals surface area (Å²) in [6.45, 7) is 0.0754. The Morgan fingerprint density at radius 2 is 2.40 bits per heavy atom. The van der Waals surface area contributed by atoms with Gasteiger partial charge >= 0.3 is 7.82 Å². The van der Waals surface area contributed by atoms with Crippen LogP contribution >= 0.6 is 39.7 Å². The Labute approximate surface area is 74.8 Å². The Bertz CT molecular complexity index is 185. The number of alkyl halides is 2. The van der Waals surface area contributed by atoms with Crippen molar-refractivity contribution in [3.63, 3.8) is 0 Å². The van der Waals surface area contributed by atoms with E-state index in [4.69, 9.17) is 4.89 Å². The van der Waals surface area contributed by atoms with Crippen LogP contribution in [0, 0.1) is 0 Å². The highest BCUT2D eigenvalue weighted by Gasteiger charge is 2.45. The van der Waals surface area contributed by atoms with Gasteiger partial charge in [-0.15, -0.1) is 0 Å². The summed E-state index contributed by atoms with van der Waals surface area (Å²) < 4.78 is 18.9. The van der Waals surface area contributed by atoms with Crippen molar-refractivity contribution in [1.82, 2.24) is 0 Å². The molecule has 10 heavy (non-hydrogen) atoms. The predicted molar refractivity (Wildman–Crippen MR) is 42.3 cm³/mol. The highest BCUT2D eigenvalue weighted by Crippen LogP contribution is 2.56. The third-order valence-corrected chi connectivity index (χ3v) is 4.54. The molecule has 1 rings (SSSR count). The van der Waals surface area contributed by atoms with Gasteiger partial charge in [0.2, 0.25) is 0 Å². The molecule has 0 aromatic heterocycles.